The maximum atomic E-state index is 11.2. The van der Waals surface area contributed by atoms with Gasteiger partial charge in [0.25, 0.3) is 0 Å². The van der Waals surface area contributed by atoms with Crippen molar-refractivity contribution in [2.24, 2.45) is 5.73 Å². The molecule has 0 radical (unpaired) electrons. The molecule has 0 atom stereocenters. The second-order valence-electron chi connectivity index (χ2n) is 2.51. The molecule has 0 saturated carbocycles. The van der Waals surface area contributed by atoms with E-state index < -0.39 is 0 Å². The lowest BCUT2D eigenvalue weighted by Crippen LogP contribution is -2.34. The number of halogens is 1. The molecule has 0 amide bonds. The van der Waals surface area contributed by atoms with Crippen LogP contribution in [0.5, 0.6) is 0 Å². The number of hydrogen-bond donors (Lipinski definition) is 1. The number of nitrogens with zero attached hydrogens (tertiary/aromatic N) is 1. The van der Waals surface area contributed by atoms with Crippen LogP contribution in [-0.2, 0) is 13.0 Å². The number of rotatable bonds is 2. The summed E-state index contributed by atoms with van der Waals surface area (Å²) in [6.45, 7) is 2.22. The number of hydrogen-bond acceptors (Lipinski definition) is 2. The Morgan fingerprint density at radius 3 is 2.83 bits per heavy atom. The predicted octanol–water partition coefficient (Wildman–Crippen LogP) is 0.994. The molecule has 0 aliphatic heterocycles. The fraction of sp³-hybridized carbons (Fsp3) is 0.375. The van der Waals surface area contributed by atoms with Crippen molar-refractivity contribution in [3.63, 3.8) is 0 Å². The number of pyridine rings is 1. The Balaban J connectivity index is 3.24. The zero-order valence-electron chi connectivity index (χ0n) is 6.88. The number of nitrogens with two attached hydrogens (primary N) is 1. The van der Waals surface area contributed by atoms with Gasteiger partial charge < -0.3 is 10.9 Å². The third-order valence-corrected chi connectivity index (χ3v) is 1.97. The van der Waals surface area contributed by atoms with Crippen LogP contribution in [-0.4, -0.2) is 0 Å². The Morgan fingerprint density at radius 1 is 1.67 bits per heavy atom. The molecule has 0 unspecified atom stereocenters. The van der Waals surface area contributed by atoms with Gasteiger partial charge in [0, 0.05) is 5.56 Å². The largest absolute Gasteiger partial charge is 0.618 e. The molecule has 2 N–H and O–H groups in total. The van der Waals surface area contributed by atoms with Gasteiger partial charge in [0.2, 0.25) is 5.69 Å². The van der Waals surface area contributed by atoms with E-state index in [4.69, 9.17) is 17.3 Å². The maximum absolute atomic E-state index is 11.2. The molecule has 1 aromatic rings. The van der Waals surface area contributed by atoms with Crippen LogP contribution in [0, 0.1) is 5.21 Å². The molecule has 0 bridgehead atoms. The average Bonchev–Trinajstić information content (AvgIpc) is 2.03. The third kappa shape index (κ3) is 1.68. The van der Waals surface area contributed by atoms with Crippen molar-refractivity contribution in [1.29, 1.82) is 0 Å². The Morgan fingerprint density at radius 2 is 2.33 bits per heavy atom. The summed E-state index contributed by atoms with van der Waals surface area (Å²) in [5.41, 5.74) is 6.93. The fourth-order valence-corrected chi connectivity index (χ4v) is 1.37. The molecule has 1 aromatic heterocycles. The van der Waals surface area contributed by atoms with Gasteiger partial charge in [-0.3, -0.25) is 0 Å². The lowest BCUT2D eigenvalue weighted by Gasteiger charge is -2.06. The second kappa shape index (κ2) is 3.74. The Hall–Kier alpha value is -0.800. The molecule has 0 aromatic carbocycles. The van der Waals surface area contributed by atoms with E-state index in [0.717, 1.165) is 16.7 Å². The number of aryl methyl sites for hydroxylation is 1. The van der Waals surface area contributed by atoms with Crippen LogP contribution >= 0.6 is 11.6 Å². The lowest BCUT2D eigenvalue weighted by molar-refractivity contribution is -0.614. The first-order chi connectivity index (χ1) is 5.69. The quantitative estimate of drug-likeness (QED) is 0.553. The van der Waals surface area contributed by atoms with Crippen molar-refractivity contribution in [3.05, 3.63) is 33.8 Å². The van der Waals surface area contributed by atoms with Gasteiger partial charge in [-0.1, -0.05) is 18.5 Å². The molecule has 1 heterocycles. The Bertz CT molecular complexity index is 289. The molecular weight excluding hydrogens is 176 g/mol. The van der Waals surface area contributed by atoms with E-state index in [0.29, 0.717) is 10.7 Å². The van der Waals surface area contributed by atoms with E-state index in [2.05, 4.69) is 0 Å². The highest BCUT2D eigenvalue weighted by Gasteiger charge is 2.10. The summed E-state index contributed by atoms with van der Waals surface area (Å²) < 4.78 is 0.737. The van der Waals surface area contributed by atoms with Crippen LogP contribution < -0.4 is 10.5 Å². The first kappa shape index (κ1) is 9.29. The van der Waals surface area contributed by atoms with Crippen molar-refractivity contribution in [2.45, 2.75) is 19.9 Å². The van der Waals surface area contributed by atoms with E-state index in [-0.39, 0.29) is 6.54 Å². The summed E-state index contributed by atoms with van der Waals surface area (Å²) in [4.78, 5) is 0. The molecule has 0 fully saturated rings. The van der Waals surface area contributed by atoms with Gasteiger partial charge in [-0.25, -0.2) is 0 Å². The van der Waals surface area contributed by atoms with E-state index in [1.165, 1.54) is 6.20 Å². The van der Waals surface area contributed by atoms with Crippen LogP contribution in [0.15, 0.2) is 12.3 Å². The van der Waals surface area contributed by atoms with Crippen molar-refractivity contribution < 1.29 is 4.73 Å². The van der Waals surface area contributed by atoms with Crippen molar-refractivity contribution in [2.75, 3.05) is 0 Å². The molecule has 1 rings (SSSR count). The van der Waals surface area contributed by atoms with E-state index in [1.807, 2.05) is 6.92 Å². The average molecular weight is 187 g/mol. The van der Waals surface area contributed by atoms with Crippen molar-refractivity contribution >= 4 is 11.6 Å². The summed E-state index contributed by atoms with van der Waals surface area (Å²) in [5, 5.41) is 11.7. The van der Waals surface area contributed by atoms with Gasteiger partial charge in [-0.15, -0.1) is 0 Å². The van der Waals surface area contributed by atoms with E-state index in [1.54, 1.807) is 6.07 Å². The normalized spacial score (nSPS) is 10.2. The minimum atomic E-state index is 0.254. The minimum Gasteiger partial charge on any atom is -0.618 e. The van der Waals surface area contributed by atoms with Crippen molar-refractivity contribution in [1.82, 2.24) is 0 Å². The minimum absolute atomic E-state index is 0.254. The number of aromatic nitrogens is 1. The molecule has 66 valence electrons. The van der Waals surface area contributed by atoms with Crippen LogP contribution in [0.2, 0.25) is 5.02 Å². The molecule has 4 heteroatoms. The van der Waals surface area contributed by atoms with Crippen LogP contribution in [0.3, 0.4) is 0 Å². The van der Waals surface area contributed by atoms with Crippen LogP contribution in [0.1, 0.15) is 18.2 Å². The van der Waals surface area contributed by atoms with Crippen LogP contribution in [0.25, 0.3) is 0 Å². The topological polar surface area (TPSA) is 53.0 Å². The SMILES string of the molecule is CCc1cc(Cl)c[n+]([O-])c1CN. The highest BCUT2D eigenvalue weighted by molar-refractivity contribution is 6.30. The zero-order valence-corrected chi connectivity index (χ0v) is 7.64. The first-order valence-corrected chi connectivity index (χ1v) is 4.17. The summed E-state index contributed by atoms with van der Waals surface area (Å²) in [6, 6.07) is 1.78. The standard InChI is InChI=1S/C8H11ClN2O/c1-2-6-3-7(9)5-11(12)8(6)4-10/h3,5H,2,4,10H2,1H3. The van der Waals surface area contributed by atoms with Gasteiger partial charge in [0.05, 0.1) is 6.54 Å². The second-order valence-corrected chi connectivity index (χ2v) is 2.95. The van der Waals surface area contributed by atoms with Gasteiger partial charge in [0.1, 0.15) is 5.02 Å². The maximum Gasteiger partial charge on any atom is 0.209 e. The first-order valence-electron chi connectivity index (χ1n) is 3.79. The lowest BCUT2D eigenvalue weighted by atomic mass is 10.1. The molecular formula is C8H11ClN2O. The highest BCUT2D eigenvalue weighted by atomic mass is 35.5. The zero-order chi connectivity index (χ0) is 9.14. The van der Waals surface area contributed by atoms with Crippen molar-refractivity contribution in [3.8, 4) is 0 Å². The monoisotopic (exact) mass is 186 g/mol. The molecule has 3 nitrogen and oxygen atoms in total. The van der Waals surface area contributed by atoms with Gasteiger partial charge >= 0.3 is 0 Å². The Labute approximate surface area is 76.3 Å². The third-order valence-electron chi connectivity index (χ3n) is 1.76. The van der Waals surface area contributed by atoms with Gasteiger partial charge in [-0.05, 0) is 12.5 Å². The highest BCUT2D eigenvalue weighted by Crippen LogP contribution is 2.11. The van der Waals surface area contributed by atoms with E-state index >= 15 is 0 Å². The van der Waals surface area contributed by atoms with E-state index in [9.17, 15) is 5.21 Å². The summed E-state index contributed by atoms with van der Waals surface area (Å²) in [7, 11) is 0. The van der Waals surface area contributed by atoms with Gasteiger partial charge in [-0.2, -0.15) is 4.73 Å². The summed E-state index contributed by atoms with van der Waals surface area (Å²) in [6.07, 6.45) is 2.10. The molecule has 0 aliphatic carbocycles. The smallest absolute Gasteiger partial charge is 0.209 e. The van der Waals surface area contributed by atoms with Crippen LogP contribution in [0.4, 0.5) is 0 Å². The molecule has 0 saturated heterocycles. The van der Waals surface area contributed by atoms with Gasteiger partial charge in [0.15, 0.2) is 6.20 Å². The fourth-order valence-electron chi connectivity index (χ4n) is 1.15. The molecule has 0 spiro atoms. The predicted molar refractivity (Wildman–Crippen MR) is 47.7 cm³/mol. The molecule has 0 aliphatic rings. The summed E-state index contributed by atoms with van der Waals surface area (Å²) in [5.74, 6) is 0. The summed E-state index contributed by atoms with van der Waals surface area (Å²) >= 11 is 5.70. The molecule has 12 heavy (non-hydrogen) atoms. The Kier molecular flexibility index (Phi) is 2.89.